The quantitative estimate of drug-likeness (QED) is 0.397. The van der Waals surface area contributed by atoms with Crippen LogP contribution in [-0.2, 0) is 15.3 Å². The summed E-state index contributed by atoms with van der Waals surface area (Å²) in [6.45, 7) is 0. The summed E-state index contributed by atoms with van der Waals surface area (Å²) < 4.78 is 13.9. The number of thioether (sulfide) groups is 1. The number of nitrogens with one attached hydrogen (secondary N) is 3. The maximum atomic E-state index is 13.9. The fourth-order valence-corrected chi connectivity index (χ4v) is 4.33. The van der Waals surface area contributed by atoms with Crippen LogP contribution < -0.4 is 16.2 Å². The predicted molar refractivity (Wildman–Crippen MR) is 117 cm³/mol. The highest BCUT2D eigenvalue weighted by Gasteiger charge is 2.35. The Kier molecular flexibility index (Phi) is 6.06. The van der Waals surface area contributed by atoms with E-state index >= 15 is 0 Å². The normalized spacial score (nSPS) is 15.2. The summed E-state index contributed by atoms with van der Waals surface area (Å²) in [7, 11) is 0. The molecule has 1 aromatic heterocycles. The summed E-state index contributed by atoms with van der Waals surface area (Å²) >= 11 is 7.39. The second kappa shape index (κ2) is 8.91. The number of para-hydroxylation sites is 1. The van der Waals surface area contributed by atoms with Gasteiger partial charge < -0.3 is 15.6 Å². The average molecular weight is 459 g/mol. The first-order chi connectivity index (χ1) is 14.9. The Morgan fingerprint density at radius 2 is 1.94 bits per heavy atom. The molecule has 0 saturated carbocycles. The molecule has 1 aliphatic rings. The molecule has 4 rings (SSSR count). The summed E-state index contributed by atoms with van der Waals surface area (Å²) in [6, 6.07) is 12.9. The zero-order valence-corrected chi connectivity index (χ0v) is 17.5. The highest BCUT2D eigenvalue weighted by atomic mass is 35.5. The third kappa shape index (κ3) is 4.62. The van der Waals surface area contributed by atoms with Crippen molar-refractivity contribution in [2.75, 3.05) is 10.6 Å². The Balaban J connectivity index is 1.59. The van der Waals surface area contributed by atoms with Gasteiger partial charge >= 0.3 is 0 Å². The third-order valence-corrected chi connectivity index (χ3v) is 5.99. The second-order valence-corrected chi connectivity index (χ2v) is 8.16. The number of H-pyrrole nitrogens is 1. The molecule has 0 saturated heterocycles. The SMILES string of the molecule is O=C1C[C@@H](C(=O)Nc2ccccc2F)c2c(nc(SCc3ccccc3Cl)[nH]c2=O)N1. The first-order valence-electron chi connectivity index (χ1n) is 9.28. The molecule has 0 fully saturated rings. The van der Waals surface area contributed by atoms with E-state index in [1.165, 1.54) is 30.0 Å². The van der Waals surface area contributed by atoms with Crippen molar-refractivity contribution in [3.63, 3.8) is 0 Å². The topological polar surface area (TPSA) is 104 Å². The van der Waals surface area contributed by atoms with Gasteiger partial charge in [0.1, 0.15) is 11.6 Å². The lowest BCUT2D eigenvalue weighted by atomic mass is 9.92. The molecule has 3 N–H and O–H groups in total. The van der Waals surface area contributed by atoms with Crippen LogP contribution in [0.5, 0.6) is 0 Å². The van der Waals surface area contributed by atoms with Crippen molar-refractivity contribution in [1.29, 1.82) is 0 Å². The van der Waals surface area contributed by atoms with E-state index in [0.29, 0.717) is 10.8 Å². The van der Waals surface area contributed by atoms with Gasteiger partial charge in [-0.05, 0) is 23.8 Å². The van der Waals surface area contributed by atoms with Gasteiger partial charge in [0.2, 0.25) is 11.8 Å². The highest BCUT2D eigenvalue weighted by Crippen LogP contribution is 2.31. The number of amides is 2. The van der Waals surface area contributed by atoms with Gasteiger partial charge in [0, 0.05) is 17.2 Å². The van der Waals surface area contributed by atoms with Crippen molar-refractivity contribution < 1.29 is 14.0 Å². The molecule has 0 aliphatic carbocycles. The van der Waals surface area contributed by atoms with Crippen molar-refractivity contribution >= 4 is 46.7 Å². The molecule has 0 unspecified atom stereocenters. The molecule has 158 valence electrons. The lowest BCUT2D eigenvalue weighted by Gasteiger charge is -2.23. The minimum Gasteiger partial charge on any atom is -0.323 e. The van der Waals surface area contributed by atoms with Crippen LogP contribution in [0.25, 0.3) is 0 Å². The number of benzene rings is 2. The van der Waals surface area contributed by atoms with Crippen LogP contribution in [0, 0.1) is 5.82 Å². The zero-order chi connectivity index (χ0) is 22.0. The lowest BCUT2D eigenvalue weighted by Crippen LogP contribution is -2.36. The van der Waals surface area contributed by atoms with Crippen molar-refractivity contribution in [1.82, 2.24) is 9.97 Å². The molecule has 31 heavy (non-hydrogen) atoms. The fraction of sp³-hybridized carbons (Fsp3) is 0.143. The molecule has 3 aromatic rings. The molecule has 2 aromatic carbocycles. The Morgan fingerprint density at radius 1 is 1.19 bits per heavy atom. The van der Waals surface area contributed by atoms with Crippen LogP contribution in [0.1, 0.15) is 23.5 Å². The number of nitrogens with zero attached hydrogens (tertiary/aromatic N) is 1. The van der Waals surface area contributed by atoms with Crippen LogP contribution in [0.2, 0.25) is 5.02 Å². The molecule has 1 aliphatic heterocycles. The summed E-state index contributed by atoms with van der Waals surface area (Å²) in [5.41, 5.74) is 0.327. The molecule has 0 bridgehead atoms. The average Bonchev–Trinajstić information content (AvgIpc) is 2.74. The molecular formula is C21H16ClFN4O3S. The summed E-state index contributed by atoms with van der Waals surface area (Å²) in [5.74, 6) is -2.36. The zero-order valence-electron chi connectivity index (χ0n) is 15.9. The molecule has 1 atom stereocenters. The van der Waals surface area contributed by atoms with Gasteiger partial charge in [-0.2, -0.15) is 0 Å². The maximum absolute atomic E-state index is 13.9. The first kappa shape index (κ1) is 21.1. The number of carbonyl (C=O) groups excluding carboxylic acids is 2. The first-order valence-corrected chi connectivity index (χ1v) is 10.6. The number of carbonyl (C=O) groups is 2. The van der Waals surface area contributed by atoms with Gasteiger partial charge in [-0.15, -0.1) is 0 Å². The Hall–Kier alpha value is -3.17. The summed E-state index contributed by atoms with van der Waals surface area (Å²) in [6.07, 6.45) is -0.246. The Morgan fingerprint density at radius 3 is 2.71 bits per heavy atom. The number of aromatic amines is 1. The summed E-state index contributed by atoms with van der Waals surface area (Å²) in [5, 5.41) is 5.86. The van der Waals surface area contributed by atoms with Crippen LogP contribution in [0.15, 0.2) is 58.5 Å². The monoisotopic (exact) mass is 458 g/mol. The van der Waals surface area contributed by atoms with Gasteiger partial charge in [0.15, 0.2) is 5.16 Å². The standard InChI is InChI=1S/C21H16ClFN4O3S/c22-13-6-2-1-5-11(13)10-31-21-26-18-17(20(30)27-21)12(9-16(28)25-18)19(29)24-15-8-4-3-7-14(15)23/h1-8,12H,9-10H2,(H,24,29)(H2,25,26,27,28,30)/t12-/m1/s1. The van der Waals surface area contributed by atoms with E-state index in [4.69, 9.17) is 11.6 Å². The number of fused-ring (bicyclic) bond motifs is 1. The molecule has 0 radical (unpaired) electrons. The van der Waals surface area contributed by atoms with Gasteiger partial charge in [-0.1, -0.05) is 53.7 Å². The minimum atomic E-state index is -1.10. The van der Waals surface area contributed by atoms with Crippen LogP contribution in [-0.4, -0.2) is 21.8 Å². The van der Waals surface area contributed by atoms with Crippen molar-refractivity contribution in [3.05, 3.63) is 80.9 Å². The molecule has 2 heterocycles. The number of rotatable bonds is 5. The lowest BCUT2D eigenvalue weighted by molar-refractivity contribution is -0.123. The number of halogens is 2. The second-order valence-electron chi connectivity index (χ2n) is 6.79. The fourth-order valence-electron chi connectivity index (χ4n) is 3.19. The Labute approximate surface area is 185 Å². The largest absolute Gasteiger partial charge is 0.323 e. The number of anilines is 2. The van der Waals surface area contributed by atoms with Crippen molar-refractivity contribution in [2.24, 2.45) is 0 Å². The van der Waals surface area contributed by atoms with E-state index in [-0.39, 0.29) is 28.6 Å². The van der Waals surface area contributed by atoms with Crippen molar-refractivity contribution in [3.8, 4) is 0 Å². The molecule has 10 heteroatoms. The molecule has 0 spiro atoms. The van der Waals surface area contributed by atoms with E-state index in [9.17, 15) is 18.8 Å². The van der Waals surface area contributed by atoms with Gasteiger partial charge in [-0.25, -0.2) is 9.37 Å². The Bertz CT molecular complexity index is 1230. The van der Waals surface area contributed by atoms with E-state index in [0.717, 1.165) is 5.56 Å². The highest BCUT2D eigenvalue weighted by molar-refractivity contribution is 7.98. The predicted octanol–water partition coefficient (Wildman–Crippen LogP) is 3.92. The van der Waals surface area contributed by atoms with Crippen LogP contribution >= 0.6 is 23.4 Å². The van der Waals surface area contributed by atoms with Gasteiger partial charge in [0.25, 0.3) is 5.56 Å². The van der Waals surface area contributed by atoms with E-state index in [2.05, 4.69) is 20.6 Å². The maximum Gasteiger partial charge on any atom is 0.257 e. The van der Waals surface area contributed by atoms with Crippen molar-refractivity contribution in [2.45, 2.75) is 23.2 Å². The summed E-state index contributed by atoms with van der Waals surface area (Å²) in [4.78, 5) is 44.6. The van der Waals surface area contributed by atoms with Crippen LogP contribution in [0.3, 0.4) is 0 Å². The van der Waals surface area contributed by atoms with Gasteiger partial charge in [-0.3, -0.25) is 14.4 Å². The van der Waals surface area contributed by atoms with Crippen LogP contribution in [0.4, 0.5) is 15.9 Å². The smallest absolute Gasteiger partial charge is 0.257 e. The molecular weight excluding hydrogens is 443 g/mol. The minimum absolute atomic E-state index is 0.0235. The number of hydrogen-bond acceptors (Lipinski definition) is 5. The third-order valence-electron chi connectivity index (χ3n) is 4.70. The number of aromatic nitrogens is 2. The van der Waals surface area contributed by atoms with E-state index < -0.39 is 29.1 Å². The number of hydrogen-bond donors (Lipinski definition) is 3. The van der Waals surface area contributed by atoms with E-state index in [1.807, 2.05) is 18.2 Å². The molecule has 7 nitrogen and oxygen atoms in total. The van der Waals surface area contributed by atoms with Gasteiger partial charge in [0.05, 0.1) is 17.2 Å². The van der Waals surface area contributed by atoms with E-state index in [1.54, 1.807) is 12.1 Å². The molecule has 2 amide bonds.